The number of fused-ring (bicyclic) bond motifs is 3. The molecule has 0 unspecified atom stereocenters. The lowest BCUT2D eigenvalue weighted by molar-refractivity contribution is -0.687. The number of benzene rings is 2. The smallest absolute Gasteiger partial charge is 0.193 e. The van der Waals surface area contributed by atoms with Crippen LogP contribution in [-0.2, 0) is 6.54 Å². The molecule has 0 atom stereocenters. The minimum Gasteiger partial charge on any atom is -1.00 e. The molecule has 4 rings (SSSR count). The summed E-state index contributed by atoms with van der Waals surface area (Å²) in [6, 6.07) is 19.0. The third kappa shape index (κ3) is 2.69. The van der Waals surface area contributed by atoms with Crippen molar-refractivity contribution in [3.05, 3.63) is 77.0 Å². The van der Waals surface area contributed by atoms with Gasteiger partial charge in [0, 0.05) is 26.9 Å². The Morgan fingerprint density at radius 2 is 1.73 bits per heavy atom. The first kappa shape index (κ1) is 15.3. The zero-order chi connectivity index (χ0) is 14.2. The number of hydrogen-bond donors (Lipinski definition) is 1. The Hall–Kier alpha value is -1.65. The fourth-order valence-electron chi connectivity index (χ4n) is 2.78. The van der Waals surface area contributed by atoms with Gasteiger partial charge in [-0.3, -0.25) is 0 Å². The lowest BCUT2D eigenvalue weighted by atomic mass is 10.2. The van der Waals surface area contributed by atoms with E-state index in [1.807, 2.05) is 6.07 Å². The molecule has 0 spiro atoms. The highest BCUT2D eigenvalue weighted by Crippen LogP contribution is 2.29. The van der Waals surface area contributed by atoms with Crippen LogP contribution in [0.4, 0.5) is 0 Å². The fourth-order valence-corrected chi connectivity index (χ4v) is 3.24. The molecule has 0 bridgehead atoms. The zero-order valence-corrected chi connectivity index (χ0v) is 14.9. The standard InChI is InChI=1S/C18H13BrN2.BrH/c19-16-8-4-7-15-14-9-10-21(12-17(14)20-18(15)16)11-13-5-2-1-3-6-13;/h1-10,12H,11H2;1H. The van der Waals surface area contributed by atoms with Crippen molar-refractivity contribution < 1.29 is 21.5 Å². The van der Waals surface area contributed by atoms with Gasteiger partial charge in [0.25, 0.3) is 0 Å². The first-order valence-electron chi connectivity index (χ1n) is 6.94. The van der Waals surface area contributed by atoms with Gasteiger partial charge in [-0.05, 0) is 22.0 Å². The summed E-state index contributed by atoms with van der Waals surface area (Å²) in [5, 5.41) is 2.52. The van der Waals surface area contributed by atoms with E-state index in [1.165, 1.54) is 16.3 Å². The second kappa shape index (κ2) is 6.23. The highest BCUT2D eigenvalue weighted by molar-refractivity contribution is 9.10. The van der Waals surface area contributed by atoms with E-state index in [-0.39, 0.29) is 17.0 Å². The average Bonchev–Trinajstić information content (AvgIpc) is 2.88. The number of aromatic amines is 1. The Kier molecular flexibility index (Phi) is 4.32. The minimum absolute atomic E-state index is 0. The van der Waals surface area contributed by atoms with Crippen molar-refractivity contribution in [2.24, 2.45) is 0 Å². The van der Waals surface area contributed by atoms with E-state index in [0.717, 1.165) is 22.1 Å². The number of nitrogens with zero attached hydrogens (tertiary/aromatic N) is 1. The molecule has 2 heterocycles. The second-order valence-corrected chi connectivity index (χ2v) is 6.07. The Morgan fingerprint density at radius 3 is 2.55 bits per heavy atom. The van der Waals surface area contributed by atoms with Crippen LogP contribution in [-0.4, -0.2) is 4.98 Å². The lowest BCUT2D eigenvalue weighted by Gasteiger charge is -1.97. The molecule has 4 heteroatoms. The van der Waals surface area contributed by atoms with Crippen molar-refractivity contribution in [2.75, 3.05) is 0 Å². The quantitative estimate of drug-likeness (QED) is 0.476. The number of H-pyrrole nitrogens is 1. The summed E-state index contributed by atoms with van der Waals surface area (Å²) in [7, 11) is 0. The summed E-state index contributed by atoms with van der Waals surface area (Å²) in [6.45, 7) is 0.882. The zero-order valence-electron chi connectivity index (χ0n) is 11.8. The molecule has 4 aromatic rings. The van der Waals surface area contributed by atoms with Crippen LogP contribution in [0.25, 0.3) is 21.8 Å². The van der Waals surface area contributed by atoms with E-state index >= 15 is 0 Å². The summed E-state index contributed by atoms with van der Waals surface area (Å²) in [6.07, 6.45) is 4.32. The molecule has 0 amide bonds. The Morgan fingerprint density at radius 1 is 0.909 bits per heavy atom. The Balaban J connectivity index is 0.00000144. The maximum absolute atomic E-state index is 3.61. The van der Waals surface area contributed by atoms with Crippen LogP contribution in [0.2, 0.25) is 0 Å². The molecule has 2 aromatic carbocycles. The molecule has 22 heavy (non-hydrogen) atoms. The number of rotatable bonds is 2. The van der Waals surface area contributed by atoms with Crippen molar-refractivity contribution in [1.29, 1.82) is 0 Å². The lowest BCUT2D eigenvalue weighted by Crippen LogP contribution is -3.00. The van der Waals surface area contributed by atoms with Crippen LogP contribution < -0.4 is 21.5 Å². The van der Waals surface area contributed by atoms with Crippen molar-refractivity contribution in [1.82, 2.24) is 4.98 Å². The molecular weight excluding hydrogens is 404 g/mol. The van der Waals surface area contributed by atoms with E-state index in [2.05, 4.69) is 86.4 Å². The predicted molar refractivity (Wildman–Crippen MR) is 89.2 cm³/mol. The highest BCUT2D eigenvalue weighted by Gasteiger charge is 2.10. The molecule has 0 aliphatic heterocycles. The van der Waals surface area contributed by atoms with Crippen molar-refractivity contribution in [3.8, 4) is 0 Å². The molecule has 110 valence electrons. The molecule has 0 aliphatic carbocycles. The molecule has 0 aliphatic rings. The van der Waals surface area contributed by atoms with Crippen LogP contribution in [0, 0.1) is 0 Å². The predicted octanol–water partition coefficient (Wildman–Crippen LogP) is 1.42. The molecular formula is C18H14Br2N2. The van der Waals surface area contributed by atoms with E-state index in [9.17, 15) is 0 Å². The first-order valence-corrected chi connectivity index (χ1v) is 7.73. The van der Waals surface area contributed by atoms with Crippen LogP contribution in [0.1, 0.15) is 5.56 Å². The SMILES string of the molecule is Brc1cccc2c1[nH]c1c[n+](Cc3ccccc3)ccc12.[Br-]. The Labute approximate surface area is 147 Å². The number of halogens is 2. The number of nitrogens with one attached hydrogen (secondary N) is 1. The van der Waals surface area contributed by atoms with Gasteiger partial charge >= 0.3 is 0 Å². The highest BCUT2D eigenvalue weighted by atomic mass is 79.9. The van der Waals surface area contributed by atoms with Crippen molar-refractivity contribution in [3.63, 3.8) is 0 Å². The maximum Gasteiger partial charge on any atom is 0.193 e. The van der Waals surface area contributed by atoms with Crippen LogP contribution in [0.3, 0.4) is 0 Å². The van der Waals surface area contributed by atoms with Crippen molar-refractivity contribution >= 4 is 37.7 Å². The molecule has 0 fully saturated rings. The number of pyridine rings is 1. The maximum atomic E-state index is 3.61. The minimum atomic E-state index is 0. The van der Waals surface area contributed by atoms with Gasteiger partial charge in [-0.1, -0.05) is 42.5 Å². The molecule has 0 radical (unpaired) electrons. The normalized spacial score (nSPS) is 10.8. The second-order valence-electron chi connectivity index (χ2n) is 5.22. The number of aromatic nitrogens is 2. The molecule has 2 nitrogen and oxygen atoms in total. The third-order valence-corrected chi connectivity index (χ3v) is 4.45. The third-order valence-electron chi connectivity index (χ3n) is 3.79. The van der Waals surface area contributed by atoms with Gasteiger partial charge in [-0.25, -0.2) is 0 Å². The van der Waals surface area contributed by atoms with Crippen molar-refractivity contribution in [2.45, 2.75) is 6.54 Å². The van der Waals surface area contributed by atoms with Gasteiger partial charge < -0.3 is 22.0 Å². The monoisotopic (exact) mass is 416 g/mol. The van der Waals surface area contributed by atoms with Gasteiger partial charge in [-0.2, -0.15) is 4.57 Å². The summed E-state index contributed by atoms with van der Waals surface area (Å²) in [5.74, 6) is 0. The number of para-hydroxylation sites is 1. The number of hydrogen-bond acceptors (Lipinski definition) is 0. The Bertz CT molecular complexity index is 930. The van der Waals surface area contributed by atoms with Gasteiger partial charge in [0.2, 0.25) is 0 Å². The van der Waals surface area contributed by atoms with Gasteiger partial charge in [-0.15, -0.1) is 0 Å². The summed E-state index contributed by atoms with van der Waals surface area (Å²) >= 11 is 3.61. The van der Waals surface area contributed by atoms with E-state index in [1.54, 1.807) is 0 Å². The fraction of sp³-hybridized carbons (Fsp3) is 0.0556. The van der Waals surface area contributed by atoms with E-state index in [4.69, 9.17) is 0 Å². The molecule has 0 saturated carbocycles. The molecule has 1 N–H and O–H groups in total. The first-order chi connectivity index (χ1) is 10.3. The largest absolute Gasteiger partial charge is 1.00 e. The topological polar surface area (TPSA) is 19.7 Å². The molecule has 2 aromatic heterocycles. The average molecular weight is 418 g/mol. The van der Waals surface area contributed by atoms with Crippen LogP contribution in [0.5, 0.6) is 0 Å². The molecule has 0 saturated heterocycles. The summed E-state index contributed by atoms with van der Waals surface area (Å²) < 4.78 is 3.31. The summed E-state index contributed by atoms with van der Waals surface area (Å²) in [5.41, 5.74) is 3.62. The van der Waals surface area contributed by atoms with Gasteiger partial charge in [0.05, 0.1) is 5.52 Å². The van der Waals surface area contributed by atoms with E-state index in [0.29, 0.717) is 0 Å². The van der Waals surface area contributed by atoms with E-state index < -0.39 is 0 Å². The van der Waals surface area contributed by atoms with Gasteiger partial charge in [0.15, 0.2) is 18.9 Å². The van der Waals surface area contributed by atoms with Crippen LogP contribution in [0.15, 0.2) is 71.5 Å². The van der Waals surface area contributed by atoms with Crippen LogP contribution >= 0.6 is 15.9 Å². The van der Waals surface area contributed by atoms with Gasteiger partial charge in [0.1, 0.15) is 5.52 Å². The summed E-state index contributed by atoms with van der Waals surface area (Å²) in [4.78, 5) is 3.50.